The molecule has 0 bridgehead atoms. The summed E-state index contributed by atoms with van der Waals surface area (Å²) in [5, 5.41) is 18.3. The molecule has 0 unspecified atom stereocenters. The van der Waals surface area contributed by atoms with Crippen LogP contribution in [0.1, 0.15) is 49.4 Å². The van der Waals surface area contributed by atoms with Gasteiger partial charge in [-0.15, -0.1) is 0 Å². The Kier molecular flexibility index (Phi) is 3.95. The quantitative estimate of drug-likeness (QED) is 0.893. The highest BCUT2D eigenvalue weighted by Crippen LogP contribution is 2.29. The summed E-state index contributed by atoms with van der Waals surface area (Å²) in [6, 6.07) is 0. The molecule has 0 saturated carbocycles. The van der Waals surface area contributed by atoms with Gasteiger partial charge in [0.05, 0.1) is 12.4 Å². The number of hydrogen-bond acceptors (Lipinski definition) is 4. The Labute approximate surface area is 135 Å². The van der Waals surface area contributed by atoms with Crippen LogP contribution in [0.3, 0.4) is 0 Å². The van der Waals surface area contributed by atoms with Crippen LogP contribution in [0.15, 0.2) is 11.0 Å². The molecule has 6 nitrogen and oxygen atoms in total. The Morgan fingerprint density at radius 3 is 2.83 bits per heavy atom. The van der Waals surface area contributed by atoms with Crippen LogP contribution in [0, 0.1) is 0 Å². The molecule has 1 saturated heterocycles. The molecular formula is C17H24N4O2. The van der Waals surface area contributed by atoms with Gasteiger partial charge in [-0.2, -0.15) is 5.10 Å². The number of aromatic nitrogens is 3. The Balaban J connectivity index is 1.97. The molecule has 23 heavy (non-hydrogen) atoms. The van der Waals surface area contributed by atoms with Crippen molar-refractivity contribution in [2.24, 2.45) is 0 Å². The van der Waals surface area contributed by atoms with Crippen molar-refractivity contribution in [2.45, 2.75) is 57.7 Å². The maximum atomic E-state index is 13.2. The summed E-state index contributed by atoms with van der Waals surface area (Å²) in [6.07, 6.45) is 8.84. The van der Waals surface area contributed by atoms with Crippen molar-refractivity contribution in [3.63, 3.8) is 0 Å². The summed E-state index contributed by atoms with van der Waals surface area (Å²) in [7, 11) is 0. The fourth-order valence-corrected chi connectivity index (χ4v) is 4.09. The predicted octanol–water partition coefficient (Wildman–Crippen LogP) is 1.34. The van der Waals surface area contributed by atoms with Crippen molar-refractivity contribution >= 4 is 11.0 Å². The molecule has 2 aromatic rings. The maximum Gasteiger partial charge on any atom is 0.256 e. The fraction of sp³-hybridized carbons (Fsp3) is 0.647. The van der Waals surface area contributed by atoms with E-state index in [1.165, 1.54) is 5.56 Å². The minimum absolute atomic E-state index is 0.0711. The van der Waals surface area contributed by atoms with Gasteiger partial charge in [0.1, 0.15) is 5.65 Å². The smallest absolute Gasteiger partial charge is 0.256 e. The van der Waals surface area contributed by atoms with Gasteiger partial charge in [-0.25, -0.2) is 4.68 Å². The molecular weight excluding hydrogens is 292 g/mol. The van der Waals surface area contributed by atoms with E-state index in [0.717, 1.165) is 61.7 Å². The number of aryl methyl sites for hydroxylation is 2. The van der Waals surface area contributed by atoms with Gasteiger partial charge in [0.2, 0.25) is 0 Å². The van der Waals surface area contributed by atoms with Gasteiger partial charge in [0.15, 0.2) is 0 Å². The van der Waals surface area contributed by atoms with E-state index in [1.54, 1.807) is 0 Å². The molecule has 124 valence electrons. The number of aliphatic hydroxyl groups is 1. The van der Waals surface area contributed by atoms with Crippen LogP contribution in [0.4, 0.5) is 0 Å². The highest BCUT2D eigenvalue weighted by molar-refractivity contribution is 5.81. The first-order chi connectivity index (χ1) is 11.3. The van der Waals surface area contributed by atoms with Gasteiger partial charge < -0.3 is 5.11 Å². The lowest BCUT2D eigenvalue weighted by molar-refractivity contribution is 0.277. The fourth-order valence-electron chi connectivity index (χ4n) is 4.09. The summed E-state index contributed by atoms with van der Waals surface area (Å²) in [5.41, 5.74) is 3.31. The standard InChI is InChI=1S/C17H24N4O2/c22-10-4-9-20-16-14(11-19-20)12-5-1-2-6-13(12)17(23)21(16)15-7-3-8-18-15/h11,15,18,22H,1-10H2/t15-/m1/s1. The van der Waals surface area contributed by atoms with E-state index in [9.17, 15) is 4.79 Å². The van der Waals surface area contributed by atoms with Gasteiger partial charge >= 0.3 is 0 Å². The topological polar surface area (TPSA) is 72.1 Å². The molecule has 0 amide bonds. The van der Waals surface area contributed by atoms with Crippen molar-refractivity contribution in [1.29, 1.82) is 0 Å². The minimum Gasteiger partial charge on any atom is -0.396 e. The summed E-state index contributed by atoms with van der Waals surface area (Å²) in [5.74, 6) is 0. The summed E-state index contributed by atoms with van der Waals surface area (Å²) >= 11 is 0. The van der Waals surface area contributed by atoms with E-state index in [-0.39, 0.29) is 18.3 Å². The third kappa shape index (κ3) is 2.40. The second-order valence-electron chi connectivity index (χ2n) is 6.63. The van der Waals surface area contributed by atoms with Crippen molar-refractivity contribution in [3.05, 3.63) is 27.7 Å². The van der Waals surface area contributed by atoms with Gasteiger partial charge in [-0.05, 0) is 57.1 Å². The average Bonchev–Trinajstić information content (AvgIpc) is 3.24. The van der Waals surface area contributed by atoms with Gasteiger partial charge in [-0.3, -0.25) is 14.7 Å². The van der Waals surface area contributed by atoms with Crippen LogP contribution in [0.5, 0.6) is 0 Å². The molecule has 2 aromatic heterocycles. The Hall–Kier alpha value is -1.66. The van der Waals surface area contributed by atoms with Crippen molar-refractivity contribution in [1.82, 2.24) is 19.7 Å². The highest BCUT2D eigenvalue weighted by atomic mass is 16.3. The zero-order valence-corrected chi connectivity index (χ0v) is 13.4. The predicted molar refractivity (Wildman–Crippen MR) is 88.6 cm³/mol. The molecule has 4 rings (SSSR count). The molecule has 2 N–H and O–H groups in total. The maximum absolute atomic E-state index is 13.2. The van der Waals surface area contributed by atoms with E-state index in [0.29, 0.717) is 13.0 Å². The minimum atomic E-state index is 0.0711. The number of fused-ring (bicyclic) bond motifs is 3. The lowest BCUT2D eigenvalue weighted by Gasteiger charge is -2.23. The lowest BCUT2D eigenvalue weighted by atomic mass is 9.91. The molecule has 0 aromatic carbocycles. The van der Waals surface area contributed by atoms with Crippen LogP contribution in [0.25, 0.3) is 11.0 Å². The van der Waals surface area contributed by atoms with Crippen molar-refractivity contribution in [2.75, 3.05) is 13.2 Å². The normalized spacial score (nSPS) is 21.0. The molecule has 1 atom stereocenters. The Morgan fingerprint density at radius 1 is 1.26 bits per heavy atom. The van der Waals surface area contributed by atoms with Crippen LogP contribution in [-0.4, -0.2) is 32.6 Å². The highest BCUT2D eigenvalue weighted by Gasteiger charge is 2.27. The van der Waals surface area contributed by atoms with Crippen molar-refractivity contribution < 1.29 is 5.11 Å². The zero-order valence-electron chi connectivity index (χ0n) is 13.4. The molecule has 1 fully saturated rings. The van der Waals surface area contributed by atoms with Gasteiger partial charge in [0.25, 0.3) is 5.56 Å². The molecule has 6 heteroatoms. The molecule has 1 aliphatic heterocycles. The number of nitrogens with zero attached hydrogens (tertiary/aromatic N) is 3. The number of aliphatic hydroxyl groups excluding tert-OH is 1. The molecule has 0 spiro atoms. The second kappa shape index (κ2) is 6.09. The first-order valence-corrected chi connectivity index (χ1v) is 8.77. The zero-order chi connectivity index (χ0) is 15.8. The summed E-state index contributed by atoms with van der Waals surface area (Å²) < 4.78 is 3.85. The van der Waals surface area contributed by atoms with Crippen LogP contribution < -0.4 is 10.9 Å². The lowest BCUT2D eigenvalue weighted by Crippen LogP contribution is -2.35. The van der Waals surface area contributed by atoms with Crippen LogP contribution >= 0.6 is 0 Å². The van der Waals surface area contributed by atoms with Crippen LogP contribution in [0.2, 0.25) is 0 Å². The summed E-state index contributed by atoms with van der Waals surface area (Å²) in [4.78, 5) is 13.2. The van der Waals surface area contributed by atoms with Crippen molar-refractivity contribution in [3.8, 4) is 0 Å². The van der Waals surface area contributed by atoms with E-state index in [4.69, 9.17) is 5.11 Å². The third-order valence-electron chi connectivity index (χ3n) is 5.18. The SMILES string of the molecule is O=c1c2c(c3cnn(CCCO)c3n1[C@@H]1CCCN1)CCCC2. The van der Waals surface area contributed by atoms with Gasteiger partial charge in [-0.1, -0.05) is 0 Å². The number of hydrogen-bond donors (Lipinski definition) is 2. The van der Waals surface area contributed by atoms with Crippen LogP contribution in [-0.2, 0) is 19.4 Å². The Morgan fingerprint density at radius 2 is 2.09 bits per heavy atom. The molecule has 0 radical (unpaired) electrons. The first-order valence-electron chi connectivity index (χ1n) is 8.77. The molecule has 2 aliphatic rings. The largest absolute Gasteiger partial charge is 0.396 e. The van der Waals surface area contributed by atoms with E-state index >= 15 is 0 Å². The molecule has 3 heterocycles. The monoisotopic (exact) mass is 316 g/mol. The number of nitrogens with one attached hydrogen (secondary N) is 1. The average molecular weight is 316 g/mol. The number of pyridine rings is 1. The summed E-state index contributed by atoms with van der Waals surface area (Å²) in [6.45, 7) is 1.74. The van der Waals surface area contributed by atoms with Gasteiger partial charge in [0, 0.05) is 24.1 Å². The first kappa shape index (κ1) is 14.9. The second-order valence-corrected chi connectivity index (χ2v) is 6.63. The van der Waals surface area contributed by atoms with E-state index in [1.807, 2.05) is 15.4 Å². The number of rotatable bonds is 4. The van der Waals surface area contributed by atoms with E-state index < -0.39 is 0 Å². The third-order valence-corrected chi connectivity index (χ3v) is 5.18. The Bertz CT molecular complexity index is 771. The molecule has 1 aliphatic carbocycles. The van der Waals surface area contributed by atoms with E-state index in [2.05, 4.69) is 10.4 Å².